The SMILES string of the molecule is Cc1[nH]c2cc([N+](=O)[O-])ccc2c1I. The summed E-state index contributed by atoms with van der Waals surface area (Å²) < 4.78 is 1.12. The molecule has 0 saturated carbocycles. The van der Waals surface area contributed by atoms with E-state index >= 15 is 0 Å². The van der Waals surface area contributed by atoms with Gasteiger partial charge in [-0.3, -0.25) is 10.1 Å². The van der Waals surface area contributed by atoms with Gasteiger partial charge in [0.05, 0.1) is 10.4 Å². The zero-order valence-corrected chi connectivity index (χ0v) is 9.53. The number of halogens is 1. The molecule has 4 nitrogen and oxygen atoms in total. The molecule has 14 heavy (non-hydrogen) atoms. The molecule has 0 radical (unpaired) electrons. The van der Waals surface area contributed by atoms with Gasteiger partial charge in [-0.25, -0.2) is 0 Å². The Balaban J connectivity index is 2.73. The highest BCUT2D eigenvalue weighted by molar-refractivity contribution is 14.1. The molecule has 0 aliphatic carbocycles. The molecule has 0 aliphatic heterocycles. The number of nitrogens with zero attached hydrogens (tertiary/aromatic N) is 1. The number of hydrogen-bond donors (Lipinski definition) is 1. The Hall–Kier alpha value is -1.11. The quantitative estimate of drug-likeness (QED) is 0.500. The molecule has 72 valence electrons. The average molecular weight is 302 g/mol. The van der Waals surface area contributed by atoms with E-state index in [4.69, 9.17) is 0 Å². The number of rotatable bonds is 1. The van der Waals surface area contributed by atoms with Gasteiger partial charge in [-0.05, 0) is 35.6 Å². The van der Waals surface area contributed by atoms with E-state index in [0.717, 1.165) is 20.2 Å². The van der Waals surface area contributed by atoms with Crippen molar-refractivity contribution < 1.29 is 4.92 Å². The second-order valence-corrected chi connectivity index (χ2v) is 4.13. The van der Waals surface area contributed by atoms with Crippen molar-refractivity contribution in [3.05, 3.63) is 37.6 Å². The summed E-state index contributed by atoms with van der Waals surface area (Å²) in [6, 6.07) is 4.86. The Morgan fingerprint density at radius 1 is 1.50 bits per heavy atom. The van der Waals surface area contributed by atoms with Crippen LogP contribution in [0.5, 0.6) is 0 Å². The fourth-order valence-electron chi connectivity index (χ4n) is 1.40. The highest BCUT2D eigenvalue weighted by Gasteiger charge is 2.10. The Bertz CT molecular complexity index is 519. The average Bonchev–Trinajstić information content (AvgIpc) is 2.42. The maximum atomic E-state index is 10.5. The van der Waals surface area contributed by atoms with Crippen LogP contribution < -0.4 is 0 Å². The number of aromatic amines is 1. The Kier molecular flexibility index (Phi) is 2.18. The first-order valence-electron chi connectivity index (χ1n) is 4.02. The lowest BCUT2D eigenvalue weighted by atomic mass is 10.2. The van der Waals surface area contributed by atoms with E-state index < -0.39 is 0 Å². The number of nitro groups is 1. The molecule has 1 aromatic heterocycles. The second-order valence-electron chi connectivity index (χ2n) is 3.05. The number of benzene rings is 1. The van der Waals surface area contributed by atoms with E-state index in [0.29, 0.717) is 0 Å². The van der Waals surface area contributed by atoms with E-state index in [-0.39, 0.29) is 10.6 Å². The second kappa shape index (κ2) is 3.23. The Labute approximate surface area is 93.6 Å². The lowest BCUT2D eigenvalue weighted by Crippen LogP contribution is -1.86. The zero-order valence-electron chi connectivity index (χ0n) is 7.37. The first-order chi connectivity index (χ1) is 6.59. The van der Waals surface area contributed by atoms with Crippen LogP contribution in [0.25, 0.3) is 10.9 Å². The van der Waals surface area contributed by atoms with E-state index in [1.807, 2.05) is 6.92 Å². The van der Waals surface area contributed by atoms with Crippen LogP contribution in [0.1, 0.15) is 5.69 Å². The number of aromatic nitrogens is 1. The fraction of sp³-hybridized carbons (Fsp3) is 0.111. The van der Waals surface area contributed by atoms with Gasteiger partial charge in [0.1, 0.15) is 0 Å². The largest absolute Gasteiger partial charge is 0.358 e. The van der Waals surface area contributed by atoms with Crippen LogP contribution in [0.15, 0.2) is 18.2 Å². The molecule has 1 heterocycles. The highest BCUT2D eigenvalue weighted by Crippen LogP contribution is 2.26. The number of nitrogens with one attached hydrogen (secondary N) is 1. The van der Waals surface area contributed by atoms with Gasteiger partial charge in [0, 0.05) is 26.8 Å². The van der Waals surface area contributed by atoms with Crippen molar-refractivity contribution in [1.29, 1.82) is 0 Å². The molecule has 0 spiro atoms. The van der Waals surface area contributed by atoms with Crippen LogP contribution in [-0.4, -0.2) is 9.91 Å². The van der Waals surface area contributed by atoms with Crippen molar-refractivity contribution >= 4 is 39.2 Å². The Morgan fingerprint density at radius 3 is 2.86 bits per heavy atom. The molecule has 1 aromatic carbocycles. The Morgan fingerprint density at radius 2 is 2.21 bits per heavy atom. The number of nitro benzene ring substituents is 1. The first kappa shape index (κ1) is 9.45. The van der Waals surface area contributed by atoms with Gasteiger partial charge >= 0.3 is 0 Å². The summed E-state index contributed by atoms with van der Waals surface area (Å²) in [6.45, 7) is 1.95. The van der Waals surface area contributed by atoms with Crippen LogP contribution in [0.2, 0.25) is 0 Å². The van der Waals surface area contributed by atoms with Crippen molar-refractivity contribution in [2.45, 2.75) is 6.92 Å². The van der Waals surface area contributed by atoms with E-state index in [2.05, 4.69) is 27.6 Å². The van der Waals surface area contributed by atoms with Crippen LogP contribution in [0, 0.1) is 20.6 Å². The predicted octanol–water partition coefficient (Wildman–Crippen LogP) is 2.99. The lowest BCUT2D eigenvalue weighted by molar-refractivity contribution is -0.384. The fourth-order valence-corrected chi connectivity index (χ4v) is 2.00. The molecule has 0 aliphatic rings. The van der Waals surface area contributed by atoms with Gasteiger partial charge in [0.2, 0.25) is 0 Å². The van der Waals surface area contributed by atoms with E-state index in [1.165, 1.54) is 6.07 Å². The summed E-state index contributed by atoms with van der Waals surface area (Å²) in [5, 5.41) is 11.6. The minimum absolute atomic E-state index is 0.121. The van der Waals surface area contributed by atoms with Crippen LogP contribution >= 0.6 is 22.6 Å². The zero-order chi connectivity index (χ0) is 10.3. The number of H-pyrrole nitrogens is 1. The molecule has 1 N–H and O–H groups in total. The number of aryl methyl sites for hydroxylation is 1. The summed E-state index contributed by atoms with van der Waals surface area (Å²) in [6.07, 6.45) is 0. The predicted molar refractivity (Wildman–Crippen MR) is 62.4 cm³/mol. The van der Waals surface area contributed by atoms with Crippen LogP contribution in [0.3, 0.4) is 0 Å². The maximum absolute atomic E-state index is 10.5. The van der Waals surface area contributed by atoms with Crippen molar-refractivity contribution in [1.82, 2.24) is 4.98 Å². The molecule has 5 heteroatoms. The first-order valence-corrected chi connectivity index (χ1v) is 5.09. The standard InChI is InChI=1S/C9H7IN2O2/c1-5-9(10)7-3-2-6(12(13)14)4-8(7)11-5/h2-4,11H,1H3. The van der Waals surface area contributed by atoms with Crippen LogP contribution in [0.4, 0.5) is 5.69 Å². The van der Waals surface area contributed by atoms with E-state index in [1.54, 1.807) is 12.1 Å². The van der Waals surface area contributed by atoms with E-state index in [9.17, 15) is 10.1 Å². The minimum atomic E-state index is -0.386. The highest BCUT2D eigenvalue weighted by atomic mass is 127. The van der Waals surface area contributed by atoms with Gasteiger partial charge in [0.15, 0.2) is 0 Å². The van der Waals surface area contributed by atoms with Gasteiger partial charge < -0.3 is 4.98 Å². The monoisotopic (exact) mass is 302 g/mol. The van der Waals surface area contributed by atoms with Crippen molar-refractivity contribution in [3.63, 3.8) is 0 Å². The third-order valence-corrected chi connectivity index (χ3v) is 3.49. The smallest absolute Gasteiger partial charge is 0.271 e. The van der Waals surface area contributed by atoms with Crippen molar-refractivity contribution in [2.24, 2.45) is 0 Å². The number of fused-ring (bicyclic) bond motifs is 1. The third-order valence-electron chi connectivity index (χ3n) is 2.10. The van der Waals surface area contributed by atoms with Crippen molar-refractivity contribution in [2.75, 3.05) is 0 Å². The van der Waals surface area contributed by atoms with Crippen molar-refractivity contribution in [3.8, 4) is 0 Å². The summed E-state index contributed by atoms with van der Waals surface area (Å²) in [7, 11) is 0. The summed E-state index contributed by atoms with van der Waals surface area (Å²) >= 11 is 2.23. The summed E-state index contributed by atoms with van der Waals surface area (Å²) in [5.41, 5.74) is 1.98. The number of hydrogen-bond acceptors (Lipinski definition) is 2. The maximum Gasteiger partial charge on any atom is 0.271 e. The summed E-state index contributed by atoms with van der Waals surface area (Å²) in [4.78, 5) is 13.2. The molecule has 0 fully saturated rings. The molecule has 0 atom stereocenters. The molecule has 0 unspecified atom stereocenters. The van der Waals surface area contributed by atoms with Gasteiger partial charge in [-0.2, -0.15) is 0 Å². The normalized spacial score (nSPS) is 10.7. The summed E-state index contributed by atoms with van der Waals surface area (Å²) in [5.74, 6) is 0. The number of non-ortho nitro benzene ring substituents is 1. The topological polar surface area (TPSA) is 58.9 Å². The molecule has 0 amide bonds. The van der Waals surface area contributed by atoms with Crippen LogP contribution in [-0.2, 0) is 0 Å². The molecule has 0 saturated heterocycles. The minimum Gasteiger partial charge on any atom is -0.358 e. The third kappa shape index (κ3) is 1.37. The molecule has 2 rings (SSSR count). The van der Waals surface area contributed by atoms with Gasteiger partial charge in [-0.1, -0.05) is 0 Å². The molecular formula is C9H7IN2O2. The molecular weight excluding hydrogens is 295 g/mol. The lowest BCUT2D eigenvalue weighted by Gasteiger charge is -1.91. The molecule has 2 aromatic rings. The van der Waals surface area contributed by atoms with Gasteiger partial charge in [-0.15, -0.1) is 0 Å². The molecule has 0 bridgehead atoms. The van der Waals surface area contributed by atoms with Gasteiger partial charge in [0.25, 0.3) is 5.69 Å².